The molecular formula is C22H20BrN3O. The SMILES string of the molecule is CC(c1ccccc1)n1c(COCc2ccncc2)nc2ccc(Br)cc21. The quantitative estimate of drug-likeness (QED) is 0.411. The standard InChI is InChI=1S/C22H20BrN3O/c1-16(18-5-3-2-4-6-18)26-21-13-19(23)7-8-20(21)25-22(26)15-27-14-17-9-11-24-12-10-17/h2-13,16H,14-15H2,1H3. The Bertz CT molecular complexity index is 1030. The monoisotopic (exact) mass is 421 g/mol. The van der Waals surface area contributed by atoms with Crippen LogP contribution in [0.1, 0.15) is 29.9 Å². The molecule has 1 unspecified atom stereocenters. The van der Waals surface area contributed by atoms with Crippen LogP contribution in [-0.2, 0) is 18.0 Å². The maximum atomic E-state index is 5.97. The van der Waals surface area contributed by atoms with E-state index in [0.29, 0.717) is 13.2 Å². The summed E-state index contributed by atoms with van der Waals surface area (Å²) in [5, 5.41) is 0. The molecular weight excluding hydrogens is 402 g/mol. The van der Waals surface area contributed by atoms with Crippen molar-refractivity contribution in [3.05, 3.63) is 94.5 Å². The third kappa shape index (κ3) is 3.94. The van der Waals surface area contributed by atoms with E-state index in [1.165, 1.54) is 5.56 Å². The molecule has 0 bridgehead atoms. The Labute approximate surface area is 167 Å². The average molecular weight is 422 g/mol. The van der Waals surface area contributed by atoms with Gasteiger partial charge in [0, 0.05) is 16.9 Å². The molecule has 4 nitrogen and oxygen atoms in total. The van der Waals surface area contributed by atoms with Gasteiger partial charge in [-0.3, -0.25) is 4.98 Å². The Morgan fingerprint density at radius 1 is 1.00 bits per heavy atom. The molecule has 4 rings (SSSR count). The number of fused-ring (bicyclic) bond motifs is 1. The molecule has 0 fully saturated rings. The summed E-state index contributed by atoms with van der Waals surface area (Å²) in [6, 6.07) is 20.7. The van der Waals surface area contributed by atoms with Gasteiger partial charge in [-0.15, -0.1) is 0 Å². The summed E-state index contributed by atoms with van der Waals surface area (Å²) < 4.78 is 9.28. The van der Waals surface area contributed by atoms with Crippen molar-refractivity contribution < 1.29 is 4.74 Å². The molecule has 0 radical (unpaired) electrons. The fraction of sp³-hybridized carbons (Fsp3) is 0.182. The fourth-order valence-corrected chi connectivity index (χ4v) is 3.62. The maximum Gasteiger partial charge on any atom is 0.136 e. The number of imidazole rings is 1. The number of nitrogens with zero attached hydrogens (tertiary/aromatic N) is 3. The van der Waals surface area contributed by atoms with Crippen molar-refractivity contribution >= 4 is 27.0 Å². The van der Waals surface area contributed by atoms with Gasteiger partial charge in [-0.2, -0.15) is 0 Å². The van der Waals surface area contributed by atoms with Gasteiger partial charge in [0.1, 0.15) is 12.4 Å². The lowest BCUT2D eigenvalue weighted by molar-refractivity contribution is 0.0991. The van der Waals surface area contributed by atoms with E-state index in [-0.39, 0.29) is 6.04 Å². The molecule has 5 heteroatoms. The number of aromatic nitrogens is 3. The van der Waals surface area contributed by atoms with Gasteiger partial charge in [0.2, 0.25) is 0 Å². The van der Waals surface area contributed by atoms with Gasteiger partial charge in [-0.1, -0.05) is 46.3 Å². The first-order valence-corrected chi connectivity index (χ1v) is 9.69. The van der Waals surface area contributed by atoms with Gasteiger partial charge in [0.25, 0.3) is 0 Å². The van der Waals surface area contributed by atoms with Crippen molar-refractivity contribution in [2.45, 2.75) is 26.2 Å². The van der Waals surface area contributed by atoms with E-state index in [1.807, 2.05) is 30.3 Å². The van der Waals surface area contributed by atoms with Crippen LogP contribution in [0.2, 0.25) is 0 Å². The molecule has 2 heterocycles. The van der Waals surface area contributed by atoms with E-state index in [1.54, 1.807) is 12.4 Å². The lowest BCUT2D eigenvalue weighted by Crippen LogP contribution is -2.12. The van der Waals surface area contributed by atoms with Crippen molar-refractivity contribution in [2.24, 2.45) is 0 Å². The van der Waals surface area contributed by atoms with Crippen LogP contribution >= 0.6 is 15.9 Å². The van der Waals surface area contributed by atoms with E-state index in [2.05, 4.69) is 62.7 Å². The number of rotatable bonds is 6. The van der Waals surface area contributed by atoms with E-state index in [4.69, 9.17) is 9.72 Å². The van der Waals surface area contributed by atoms with Crippen LogP contribution in [0.5, 0.6) is 0 Å². The topological polar surface area (TPSA) is 39.9 Å². The molecule has 0 saturated carbocycles. The van der Waals surface area contributed by atoms with Gasteiger partial charge < -0.3 is 9.30 Å². The minimum Gasteiger partial charge on any atom is -0.369 e. The van der Waals surface area contributed by atoms with Gasteiger partial charge in [-0.05, 0) is 48.4 Å². The van der Waals surface area contributed by atoms with Crippen molar-refractivity contribution in [1.82, 2.24) is 14.5 Å². The highest BCUT2D eigenvalue weighted by molar-refractivity contribution is 9.10. The minimum atomic E-state index is 0.157. The zero-order valence-corrected chi connectivity index (χ0v) is 16.6. The van der Waals surface area contributed by atoms with E-state index >= 15 is 0 Å². The van der Waals surface area contributed by atoms with Crippen LogP contribution in [-0.4, -0.2) is 14.5 Å². The van der Waals surface area contributed by atoms with Crippen LogP contribution in [0.25, 0.3) is 11.0 Å². The summed E-state index contributed by atoms with van der Waals surface area (Å²) in [4.78, 5) is 8.88. The Hall–Kier alpha value is -2.50. The van der Waals surface area contributed by atoms with Crippen molar-refractivity contribution in [2.75, 3.05) is 0 Å². The minimum absolute atomic E-state index is 0.157. The predicted octanol–water partition coefficient (Wildman–Crippen LogP) is 5.52. The molecule has 1 atom stereocenters. The molecule has 0 aliphatic rings. The smallest absolute Gasteiger partial charge is 0.136 e. The number of halogens is 1. The third-order valence-corrected chi connectivity index (χ3v) is 5.14. The van der Waals surface area contributed by atoms with Crippen LogP contribution in [0.3, 0.4) is 0 Å². The molecule has 0 amide bonds. The fourth-order valence-electron chi connectivity index (χ4n) is 3.27. The van der Waals surface area contributed by atoms with Crippen molar-refractivity contribution in [3.8, 4) is 0 Å². The van der Waals surface area contributed by atoms with E-state index in [0.717, 1.165) is 26.9 Å². The maximum absolute atomic E-state index is 5.97. The average Bonchev–Trinajstić information content (AvgIpc) is 3.06. The Balaban J connectivity index is 1.67. The zero-order chi connectivity index (χ0) is 18.6. The van der Waals surface area contributed by atoms with Crippen molar-refractivity contribution in [1.29, 1.82) is 0 Å². The van der Waals surface area contributed by atoms with Crippen LogP contribution in [0.15, 0.2) is 77.5 Å². The predicted molar refractivity (Wildman–Crippen MR) is 110 cm³/mol. The summed E-state index contributed by atoms with van der Waals surface area (Å²) in [5.74, 6) is 0.925. The summed E-state index contributed by atoms with van der Waals surface area (Å²) in [6.07, 6.45) is 3.56. The molecule has 0 spiro atoms. The first-order chi connectivity index (χ1) is 13.2. The molecule has 0 saturated heterocycles. The second-order valence-corrected chi connectivity index (χ2v) is 7.38. The van der Waals surface area contributed by atoms with Crippen LogP contribution in [0, 0.1) is 0 Å². The van der Waals surface area contributed by atoms with Gasteiger partial charge in [0.15, 0.2) is 0 Å². The molecule has 2 aromatic carbocycles. The molecule has 0 aliphatic carbocycles. The molecule has 0 aliphatic heterocycles. The van der Waals surface area contributed by atoms with Gasteiger partial charge in [0.05, 0.1) is 23.7 Å². The summed E-state index contributed by atoms with van der Waals surface area (Å²) in [6.45, 7) is 3.19. The summed E-state index contributed by atoms with van der Waals surface area (Å²) in [7, 11) is 0. The lowest BCUT2D eigenvalue weighted by atomic mass is 10.1. The zero-order valence-electron chi connectivity index (χ0n) is 15.0. The Morgan fingerprint density at radius 3 is 2.56 bits per heavy atom. The first kappa shape index (κ1) is 17.9. The lowest BCUT2D eigenvalue weighted by Gasteiger charge is -2.18. The number of benzene rings is 2. The highest BCUT2D eigenvalue weighted by atomic mass is 79.9. The van der Waals surface area contributed by atoms with E-state index < -0.39 is 0 Å². The highest BCUT2D eigenvalue weighted by Crippen LogP contribution is 2.28. The highest BCUT2D eigenvalue weighted by Gasteiger charge is 2.17. The normalized spacial score (nSPS) is 12.4. The molecule has 4 aromatic rings. The Kier molecular flexibility index (Phi) is 5.32. The molecule has 0 N–H and O–H groups in total. The Morgan fingerprint density at radius 2 is 1.78 bits per heavy atom. The van der Waals surface area contributed by atoms with Crippen LogP contribution < -0.4 is 0 Å². The van der Waals surface area contributed by atoms with E-state index in [9.17, 15) is 0 Å². The number of pyridine rings is 1. The number of ether oxygens (including phenoxy) is 1. The molecule has 136 valence electrons. The second kappa shape index (κ2) is 8.03. The first-order valence-electron chi connectivity index (χ1n) is 8.90. The third-order valence-electron chi connectivity index (χ3n) is 4.64. The molecule has 27 heavy (non-hydrogen) atoms. The van der Waals surface area contributed by atoms with Crippen molar-refractivity contribution in [3.63, 3.8) is 0 Å². The van der Waals surface area contributed by atoms with Gasteiger partial charge in [-0.25, -0.2) is 4.98 Å². The number of hydrogen-bond acceptors (Lipinski definition) is 3. The van der Waals surface area contributed by atoms with Gasteiger partial charge >= 0.3 is 0 Å². The second-order valence-electron chi connectivity index (χ2n) is 6.47. The number of hydrogen-bond donors (Lipinski definition) is 0. The summed E-state index contributed by atoms with van der Waals surface area (Å²) >= 11 is 3.59. The molecule has 2 aromatic heterocycles. The van der Waals surface area contributed by atoms with Crippen LogP contribution in [0.4, 0.5) is 0 Å². The largest absolute Gasteiger partial charge is 0.369 e. The summed E-state index contributed by atoms with van der Waals surface area (Å²) in [5.41, 5.74) is 4.42.